The number of hydrogen-bond acceptors (Lipinski definition) is 4. The van der Waals surface area contributed by atoms with Gasteiger partial charge >= 0.3 is 5.97 Å². The molecule has 0 fully saturated rings. The molecule has 0 aliphatic rings. The summed E-state index contributed by atoms with van der Waals surface area (Å²) in [6.45, 7) is 10.4. The van der Waals surface area contributed by atoms with Gasteiger partial charge in [0.1, 0.15) is 24.2 Å². The number of benzene rings is 2. The Morgan fingerprint density at radius 3 is 2.59 bits per heavy atom. The summed E-state index contributed by atoms with van der Waals surface area (Å²) in [7, 11) is 0. The monoisotopic (exact) mass is 450 g/mol. The lowest BCUT2D eigenvalue weighted by Crippen LogP contribution is -2.20. The van der Waals surface area contributed by atoms with Gasteiger partial charge in [-0.05, 0) is 71.5 Å². The Kier molecular flexibility index (Phi) is 8.12. The smallest absolute Gasteiger partial charge is 0.306 e. The van der Waals surface area contributed by atoms with Crippen LogP contribution >= 0.6 is 11.3 Å². The maximum atomic E-state index is 11.8. The normalized spacial score (nSPS) is 12.7. The predicted octanol–water partition coefficient (Wildman–Crippen LogP) is 7.29. The second-order valence-electron chi connectivity index (χ2n) is 8.00. The highest BCUT2D eigenvalue weighted by molar-refractivity contribution is 7.07. The first kappa shape index (κ1) is 23.6. The third kappa shape index (κ3) is 6.01. The summed E-state index contributed by atoms with van der Waals surface area (Å²) in [5.74, 6) is 0.0485. The number of thiophene rings is 1. The SMILES string of the molecule is C=C(C)c1ccc(OCc2ccsc2)cc1OC(CC(CC)C(=O)O)c1ccccc1C. The van der Waals surface area contributed by atoms with E-state index in [1.54, 1.807) is 11.3 Å². The van der Waals surface area contributed by atoms with E-state index in [0.717, 1.165) is 27.8 Å². The lowest BCUT2D eigenvalue weighted by atomic mass is 9.92. The Labute approximate surface area is 194 Å². The minimum absolute atomic E-state index is 0.381. The topological polar surface area (TPSA) is 55.8 Å². The molecular weight excluding hydrogens is 420 g/mol. The van der Waals surface area contributed by atoms with Crippen molar-refractivity contribution >= 4 is 22.9 Å². The standard InChI is InChI=1S/C27H30O4S/c1-5-21(27(28)29)14-25(24-9-7-6-8-19(24)4)31-26-15-22(10-11-23(26)18(2)3)30-16-20-12-13-32-17-20/h6-13,15,17,21,25H,2,5,14,16H2,1,3-4H3,(H,28,29). The molecule has 0 radical (unpaired) electrons. The van der Waals surface area contributed by atoms with Crippen molar-refractivity contribution in [2.24, 2.45) is 5.92 Å². The van der Waals surface area contributed by atoms with Gasteiger partial charge in [0, 0.05) is 18.1 Å². The molecule has 2 aromatic carbocycles. The van der Waals surface area contributed by atoms with Crippen molar-refractivity contribution in [1.29, 1.82) is 0 Å². The average molecular weight is 451 g/mol. The van der Waals surface area contributed by atoms with Crippen LogP contribution in [-0.2, 0) is 11.4 Å². The maximum absolute atomic E-state index is 11.8. The summed E-state index contributed by atoms with van der Waals surface area (Å²) in [5.41, 5.74) is 4.93. The van der Waals surface area contributed by atoms with Crippen molar-refractivity contribution in [2.45, 2.75) is 46.3 Å². The summed E-state index contributed by atoms with van der Waals surface area (Å²) in [6, 6.07) is 15.7. The molecule has 1 N–H and O–H groups in total. The molecule has 0 aliphatic heterocycles. The number of aryl methyl sites for hydroxylation is 1. The van der Waals surface area contributed by atoms with Crippen molar-refractivity contribution < 1.29 is 19.4 Å². The highest BCUT2D eigenvalue weighted by Crippen LogP contribution is 2.36. The number of rotatable bonds is 11. The molecule has 1 heterocycles. The van der Waals surface area contributed by atoms with Gasteiger partial charge in [0.15, 0.2) is 0 Å². The molecule has 3 aromatic rings. The van der Waals surface area contributed by atoms with E-state index in [-0.39, 0.29) is 0 Å². The van der Waals surface area contributed by atoms with Gasteiger partial charge in [-0.2, -0.15) is 11.3 Å². The lowest BCUT2D eigenvalue weighted by molar-refractivity contribution is -0.142. The van der Waals surface area contributed by atoms with Crippen molar-refractivity contribution in [2.75, 3.05) is 0 Å². The fourth-order valence-corrected chi connectivity index (χ4v) is 4.28. The Bertz CT molecular complexity index is 1060. The fourth-order valence-electron chi connectivity index (χ4n) is 3.62. The van der Waals surface area contributed by atoms with Crippen LogP contribution in [0.4, 0.5) is 0 Å². The van der Waals surface area contributed by atoms with Gasteiger partial charge in [-0.15, -0.1) is 0 Å². The summed E-state index contributed by atoms with van der Waals surface area (Å²) < 4.78 is 12.5. The van der Waals surface area contributed by atoms with E-state index in [1.807, 2.05) is 74.7 Å². The molecule has 168 valence electrons. The van der Waals surface area contributed by atoms with E-state index >= 15 is 0 Å². The predicted molar refractivity (Wildman–Crippen MR) is 130 cm³/mol. The number of aliphatic carboxylic acids is 1. The Hall–Kier alpha value is -3.05. The van der Waals surface area contributed by atoms with Crippen LogP contribution in [-0.4, -0.2) is 11.1 Å². The van der Waals surface area contributed by atoms with Gasteiger partial charge in [-0.25, -0.2) is 0 Å². The van der Waals surface area contributed by atoms with Crippen LogP contribution in [0, 0.1) is 12.8 Å². The van der Waals surface area contributed by atoms with Crippen molar-refractivity contribution in [1.82, 2.24) is 0 Å². The fraction of sp³-hybridized carbons (Fsp3) is 0.296. The minimum atomic E-state index is -0.803. The molecule has 2 unspecified atom stereocenters. The van der Waals surface area contributed by atoms with Crippen LogP contribution < -0.4 is 9.47 Å². The second-order valence-corrected chi connectivity index (χ2v) is 8.78. The van der Waals surface area contributed by atoms with Gasteiger partial charge in [0.2, 0.25) is 0 Å². The summed E-state index contributed by atoms with van der Waals surface area (Å²) in [5, 5.41) is 13.7. The number of ether oxygens (including phenoxy) is 2. The highest BCUT2D eigenvalue weighted by Gasteiger charge is 2.25. The van der Waals surface area contributed by atoms with Gasteiger partial charge in [-0.3, -0.25) is 4.79 Å². The number of allylic oxidation sites excluding steroid dienone is 1. The van der Waals surface area contributed by atoms with Crippen LogP contribution in [0.15, 0.2) is 65.9 Å². The van der Waals surface area contributed by atoms with E-state index in [2.05, 4.69) is 12.0 Å². The zero-order valence-corrected chi connectivity index (χ0v) is 19.7. The average Bonchev–Trinajstić information content (AvgIpc) is 3.29. The third-order valence-corrected chi connectivity index (χ3v) is 6.28. The molecule has 32 heavy (non-hydrogen) atoms. The Balaban J connectivity index is 1.93. The first-order chi connectivity index (χ1) is 15.4. The van der Waals surface area contributed by atoms with Gasteiger partial charge in [0.05, 0.1) is 5.92 Å². The molecule has 0 amide bonds. The molecule has 5 heteroatoms. The molecule has 0 saturated carbocycles. The largest absolute Gasteiger partial charge is 0.489 e. The Morgan fingerprint density at radius 2 is 1.97 bits per heavy atom. The maximum Gasteiger partial charge on any atom is 0.306 e. The lowest BCUT2D eigenvalue weighted by Gasteiger charge is -2.25. The van der Waals surface area contributed by atoms with Crippen LogP contribution in [0.2, 0.25) is 0 Å². The summed E-state index contributed by atoms with van der Waals surface area (Å²) >= 11 is 1.64. The van der Waals surface area contributed by atoms with E-state index in [1.165, 1.54) is 0 Å². The first-order valence-electron chi connectivity index (χ1n) is 10.8. The zero-order chi connectivity index (χ0) is 23.1. The number of carboxylic acid groups (broad SMARTS) is 1. The number of carbonyl (C=O) groups is 1. The molecule has 3 rings (SSSR count). The molecule has 2 atom stereocenters. The van der Waals surface area contributed by atoms with Gasteiger partial charge in [0.25, 0.3) is 0 Å². The molecule has 0 bridgehead atoms. The summed E-state index contributed by atoms with van der Waals surface area (Å²) in [6.07, 6.45) is 0.521. The van der Waals surface area contributed by atoms with Crippen LogP contribution in [0.3, 0.4) is 0 Å². The van der Waals surface area contributed by atoms with E-state index in [0.29, 0.717) is 30.9 Å². The van der Waals surface area contributed by atoms with Crippen molar-refractivity contribution in [3.8, 4) is 11.5 Å². The van der Waals surface area contributed by atoms with Crippen LogP contribution in [0.1, 0.15) is 55.0 Å². The third-order valence-electron chi connectivity index (χ3n) is 5.54. The van der Waals surface area contributed by atoms with Gasteiger partial charge in [-0.1, -0.05) is 37.8 Å². The van der Waals surface area contributed by atoms with Gasteiger partial charge < -0.3 is 14.6 Å². The minimum Gasteiger partial charge on any atom is -0.489 e. The van der Waals surface area contributed by atoms with E-state index in [9.17, 15) is 9.90 Å². The van der Waals surface area contributed by atoms with Crippen molar-refractivity contribution in [3.63, 3.8) is 0 Å². The molecule has 0 aliphatic carbocycles. The molecular formula is C27H30O4S. The van der Waals surface area contributed by atoms with Crippen LogP contribution in [0.25, 0.3) is 5.57 Å². The number of hydrogen-bond donors (Lipinski definition) is 1. The zero-order valence-electron chi connectivity index (χ0n) is 18.8. The van der Waals surface area contributed by atoms with Crippen LogP contribution in [0.5, 0.6) is 11.5 Å². The second kappa shape index (κ2) is 11.0. The number of carboxylic acids is 1. The van der Waals surface area contributed by atoms with E-state index < -0.39 is 18.0 Å². The van der Waals surface area contributed by atoms with Crippen molar-refractivity contribution in [3.05, 3.63) is 88.1 Å². The molecule has 0 saturated heterocycles. The highest BCUT2D eigenvalue weighted by atomic mass is 32.1. The Morgan fingerprint density at radius 1 is 1.19 bits per heavy atom. The molecule has 1 aromatic heterocycles. The quantitative estimate of drug-likeness (QED) is 0.333. The van der Waals surface area contributed by atoms with E-state index in [4.69, 9.17) is 9.47 Å². The molecule has 4 nitrogen and oxygen atoms in total. The summed E-state index contributed by atoms with van der Waals surface area (Å²) in [4.78, 5) is 11.8. The first-order valence-corrected chi connectivity index (χ1v) is 11.7. The molecule has 0 spiro atoms.